The summed E-state index contributed by atoms with van der Waals surface area (Å²) in [6.45, 7) is 3.92. The van der Waals surface area contributed by atoms with Crippen LogP contribution in [0.15, 0.2) is 48.5 Å². The highest BCUT2D eigenvalue weighted by Crippen LogP contribution is 2.30. The Hall–Kier alpha value is -3.02. The minimum absolute atomic E-state index is 0.201. The lowest BCUT2D eigenvalue weighted by molar-refractivity contribution is -0.145. The molecule has 0 N–H and O–H groups in total. The Balaban J connectivity index is 2.39. The van der Waals surface area contributed by atoms with E-state index < -0.39 is 5.92 Å². The van der Waals surface area contributed by atoms with Crippen molar-refractivity contribution in [3.63, 3.8) is 0 Å². The first-order chi connectivity index (χ1) is 13.4. The van der Waals surface area contributed by atoms with E-state index in [2.05, 4.69) is 0 Å². The molecule has 2 aromatic rings. The minimum Gasteiger partial charge on any atom is -0.493 e. The number of rotatable bonds is 8. The number of carbonyl (C=O) groups excluding carboxylic acids is 2. The van der Waals surface area contributed by atoms with Gasteiger partial charge in [-0.2, -0.15) is 0 Å². The predicted octanol–water partition coefficient (Wildman–Crippen LogP) is 3.72. The van der Waals surface area contributed by atoms with Gasteiger partial charge in [0.1, 0.15) is 0 Å². The zero-order chi connectivity index (χ0) is 20.7. The first kappa shape index (κ1) is 21.3. The summed E-state index contributed by atoms with van der Waals surface area (Å²) in [7, 11) is 4.41. The molecule has 0 spiro atoms. The summed E-state index contributed by atoms with van der Waals surface area (Å²) in [5.74, 6) is 0.00463. The summed E-state index contributed by atoms with van der Waals surface area (Å²) < 4.78 is 15.4. The molecule has 2 atom stereocenters. The number of hydrogen-bond acceptors (Lipinski definition) is 5. The van der Waals surface area contributed by atoms with E-state index in [-0.39, 0.29) is 24.5 Å². The molecule has 0 bridgehead atoms. The van der Waals surface area contributed by atoms with Crippen LogP contribution < -0.4 is 9.47 Å². The SMILES string of the molecule is COC(=O)C(C)CN(C(=O)c1ccc(OC)c(OC)c1)C(C)c1ccccc1. The van der Waals surface area contributed by atoms with E-state index in [0.29, 0.717) is 17.1 Å². The molecule has 0 aliphatic carbocycles. The van der Waals surface area contributed by atoms with E-state index >= 15 is 0 Å². The molecule has 2 rings (SSSR count). The van der Waals surface area contributed by atoms with E-state index in [9.17, 15) is 9.59 Å². The number of hydrogen-bond donors (Lipinski definition) is 0. The number of esters is 1. The van der Waals surface area contributed by atoms with Gasteiger partial charge in [0.05, 0.1) is 33.3 Å². The van der Waals surface area contributed by atoms with E-state index in [0.717, 1.165) is 5.56 Å². The van der Waals surface area contributed by atoms with Gasteiger partial charge in [-0.1, -0.05) is 37.3 Å². The molecule has 0 fully saturated rings. The van der Waals surface area contributed by atoms with Crippen molar-refractivity contribution in [3.8, 4) is 11.5 Å². The van der Waals surface area contributed by atoms with Crippen LogP contribution in [0.2, 0.25) is 0 Å². The van der Waals surface area contributed by atoms with Crippen molar-refractivity contribution in [2.75, 3.05) is 27.9 Å². The lowest BCUT2D eigenvalue weighted by Gasteiger charge is -2.31. The summed E-state index contributed by atoms with van der Waals surface area (Å²) in [5.41, 5.74) is 1.44. The van der Waals surface area contributed by atoms with Gasteiger partial charge in [-0.3, -0.25) is 9.59 Å². The quantitative estimate of drug-likeness (QED) is 0.648. The van der Waals surface area contributed by atoms with Crippen molar-refractivity contribution < 1.29 is 23.8 Å². The van der Waals surface area contributed by atoms with E-state index in [4.69, 9.17) is 14.2 Å². The number of benzene rings is 2. The summed E-state index contributed by atoms with van der Waals surface area (Å²) >= 11 is 0. The maximum absolute atomic E-state index is 13.4. The molecule has 6 nitrogen and oxygen atoms in total. The van der Waals surface area contributed by atoms with Crippen molar-refractivity contribution in [2.24, 2.45) is 5.92 Å². The maximum Gasteiger partial charge on any atom is 0.310 e. The van der Waals surface area contributed by atoms with Gasteiger partial charge in [-0.25, -0.2) is 0 Å². The normalized spacial score (nSPS) is 12.6. The van der Waals surface area contributed by atoms with Gasteiger partial charge in [0, 0.05) is 12.1 Å². The van der Waals surface area contributed by atoms with E-state index in [1.54, 1.807) is 37.1 Å². The zero-order valence-electron chi connectivity index (χ0n) is 17.0. The molecule has 0 aliphatic rings. The summed E-state index contributed by atoms with van der Waals surface area (Å²) in [4.78, 5) is 27.0. The van der Waals surface area contributed by atoms with Crippen molar-refractivity contribution in [1.29, 1.82) is 0 Å². The Morgan fingerprint density at radius 2 is 1.57 bits per heavy atom. The van der Waals surface area contributed by atoms with Crippen LogP contribution in [-0.4, -0.2) is 44.7 Å². The van der Waals surface area contributed by atoms with Crippen LogP contribution in [0.3, 0.4) is 0 Å². The standard InChI is InChI=1S/C22H27NO5/c1-15(22(25)28-5)14-23(16(2)17-9-7-6-8-10-17)21(24)18-11-12-19(26-3)20(13-18)27-4/h6-13,15-16H,14H2,1-5H3. The van der Waals surface area contributed by atoms with Gasteiger partial charge in [0.25, 0.3) is 5.91 Å². The van der Waals surface area contributed by atoms with Crippen LogP contribution in [0.25, 0.3) is 0 Å². The third-order valence-electron chi connectivity index (χ3n) is 4.71. The van der Waals surface area contributed by atoms with Crippen LogP contribution in [0.4, 0.5) is 0 Å². The second-order valence-corrected chi connectivity index (χ2v) is 6.54. The van der Waals surface area contributed by atoms with Gasteiger partial charge in [0.15, 0.2) is 11.5 Å². The molecule has 6 heteroatoms. The van der Waals surface area contributed by atoms with Crippen LogP contribution in [-0.2, 0) is 9.53 Å². The fourth-order valence-corrected chi connectivity index (χ4v) is 3.03. The highest BCUT2D eigenvalue weighted by Gasteiger charge is 2.28. The highest BCUT2D eigenvalue weighted by molar-refractivity contribution is 5.95. The Labute approximate surface area is 166 Å². The molecule has 0 aliphatic heterocycles. The van der Waals surface area contributed by atoms with Gasteiger partial charge in [-0.05, 0) is 30.7 Å². The molecule has 1 amide bonds. The summed E-state index contributed by atoms with van der Waals surface area (Å²) in [6.07, 6.45) is 0. The predicted molar refractivity (Wildman–Crippen MR) is 107 cm³/mol. The number of ether oxygens (including phenoxy) is 3. The third-order valence-corrected chi connectivity index (χ3v) is 4.71. The molecule has 0 saturated heterocycles. The minimum atomic E-state index is -0.458. The fourth-order valence-electron chi connectivity index (χ4n) is 3.03. The van der Waals surface area contributed by atoms with Crippen molar-refractivity contribution >= 4 is 11.9 Å². The first-order valence-corrected chi connectivity index (χ1v) is 9.08. The molecule has 28 heavy (non-hydrogen) atoms. The lowest BCUT2D eigenvalue weighted by Crippen LogP contribution is -2.39. The number of nitrogens with zero attached hydrogens (tertiary/aromatic N) is 1. The number of amides is 1. The summed E-state index contributed by atoms with van der Waals surface area (Å²) in [6, 6.07) is 14.5. The molecular weight excluding hydrogens is 358 g/mol. The Bertz CT molecular complexity index is 806. The Morgan fingerprint density at radius 3 is 2.14 bits per heavy atom. The van der Waals surface area contributed by atoms with Crippen LogP contribution in [0.5, 0.6) is 11.5 Å². The summed E-state index contributed by atoms with van der Waals surface area (Å²) in [5, 5.41) is 0. The largest absolute Gasteiger partial charge is 0.493 e. The zero-order valence-corrected chi connectivity index (χ0v) is 17.0. The molecule has 0 radical (unpaired) electrons. The third kappa shape index (κ3) is 4.82. The molecular formula is C22H27NO5. The fraction of sp³-hybridized carbons (Fsp3) is 0.364. The molecule has 150 valence electrons. The van der Waals surface area contributed by atoms with Crippen molar-refractivity contribution in [2.45, 2.75) is 19.9 Å². The van der Waals surface area contributed by atoms with Gasteiger partial charge < -0.3 is 19.1 Å². The van der Waals surface area contributed by atoms with Crippen LogP contribution in [0.1, 0.15) is 35.8 Å². The van der Waals surface area contributed by atoms with Crippen LogP contribution >= 0.6 is 0 Å². The van der Waals surface area contributed by atoms with Crippen molar-refractivity contribution in [1.82, 2.24) is 4.90 Å². The second-order valence-electron chi connectivity index (χ2n) is 6.54. The van der Waals surface area contributed by atoms with Crippen LogP contribution in [0, 0.1) is 5.92 Å². The number of methoxy groups -OCH3 is 3. The highest BCUT2D eigenvalue weighted by atomic mass is 16.5. The van der Waals surface area contributed by atoms with Gasteiger partial charge >= 0.3 is 5.97 Å². The average Bonchev–Trinajstić information content (AvgIpc) is 2.75. The smallest absolute Gasteiger partial charge is 0.310 e. The Morgan fingerprint density at radius 1 is 0.929 bits per heavy atom. The first-order valence-electron chi connectivity index (χ1n) is 9.08. The molecule has 0 saturated carbocycles. The average molecular weight is 385 g/mol. The van der Waals surface area contributed by atoms with E-state index in [1.165, 1.54) is 14.2 Å². The maximum atomic E-state index is 13.4. The number of carbonyl (C=O) groups is 2. The van der Waals surface area contributed by atoms with Crippen molar-refractivity contribution in [3.05, 3.63) is 59.7 Å². The van der Waals surface area contributed by atoms with Gasteiger partial charge in [-0.15, -0.1) is 0 Å². The molecule has 0 aromatic heterocycles. The van der Waals surface area contributed by atoms with E-state index in [1.807, 2.05) is 37.3 Å². The topological polar surface area (TPSA) is 65.1 Å². The molecule has 2 aromatic carbocycles. The molecule has 2 unspecified atom stereocenters. The Kier molecular flexibility index (Phi) is 7.44. The molecule has 0 heterocycles. The van der Waals surface area contributed by atoms with Gasteiger partial charge in [0.2, 0.25) is 0 Å². The second kappa shape index (κ2) is 9.78. The lowest BCUT2D eigenvalue weighted by atomic mass is 10.0. The monoisotopic (exact) mass is 385 g/mol.